The van der Waals surface area contributed by atoms with E-state index in [1.165, 1.54) is 19.2 Å². The Morgan fingerprint density at radius 1 is 1.00 bits per heavy atom. The third kappa shape index (κ3) is 5.03. The number of sulfone groups is 1. The van der Waals surface area contributed by atoms with E-state index in [0.29, 0.717) is 23.6 Å². The molecule has 0 saturated carbocycles. The fourth-order valence-corrected chi connectivity index (χ4v) is 4.34. The number of allylic oxidation sites excluding steroid dienone is 1. The van der Waals surface area contributed by atoms with E-state index in [4.69, 9.17) is 4.74 Å². The standard InChI is InChI=1S/C24H21F2NO4S/c1-3-16-4-6-17(7-5-16)24(28)23(15-27-19-9-11-20(31-2)12-10-19)32(29,30)22-14-18(25)8-13-21(22)26/h4-15,27H,3H2,1-2H3. The molecular formula is C24H21F2NO4S. The Balaban J connectivity index is 2.08. The summed E-state index contributed by atoms with van der Waals surface area (Å²) in [6, 6.07) is 15.0. The zero-order chi connectivity index (χ0) is 23.3. The van der Waals surface area contributed by atoms with Crippen LogP contribution in [0.3, 0.4) is 0 Å². The van der Waals surface area contributed by atoms with E-state index in [9.17, 15) is 22.0 Å². The van der Waals surface area contributed by atoms with Crippen molar-refractivity contribution in [2.45, 2.75) is 18.2 Å². The minimum Gasteiger partial charge on any atom is -0.497 e. The predicted molar refractivity (Wildman–Crippen MR) is 118 cm³/mol. The maximum Gasteiger partial charge on any atom is 0.214 e. The number of carbonyl (C=O) groups is 1. The van der Waals surface area contributed by atoms with Gasteiger partial charge in [0, 0.05) is 17.5 Å². The number of halogens is 2. The number of hydrogen-bond acceptors (Lipinski definition) is 5. The first-order chi connectivity index (χ1) is 15.3. The van der Waals surface area contributed by atoms with Crippen LogP contribution < -0.4 is 10.1 Å². The molecular weight excluding hydrogens is 436 g/mol. The van der Waals surface area contributed by atoms with Gasteiger partial charge in [-0.3, -0.25) is 4.79 Å². The average molecular weight is 457 g/mol. The SMILES string of the molecule is CCc1ccc(C(=O)C(=CNc2ccc(OC)cc2)S(=O)(=O)c2cc(F)ccc2F)cc1. The molecule has 3 rings (SSSR count). The monoisotopic (exact) mass is 457 g/mol. The maximum atomic E-state index is 14.3. The fourth-order valence-electron chi connectivity index (χ4n) is 2.94. The quantitative estimate of drug-likeness (QED) is 0.374. The van der Waals surface area contributed by atoms with Gasteiger partial charge in [0.25, 0.3) is 0 Å². The van der Waals surface area contributed by atoms with Crippen LogP contribution in [0.1, 0.15) is 22.8 Å². The van der Waals surface area contributed by atoms with Crippen molar-refractivity contribution in [2.75, 3.05) is 12.4 Å². The van der Waals surface area contributed by atoms with Crippen LogP contribution in [0.4, 0.5) is 14.5 Å². The number of hydrogen-bond donors (Lipinski definition) is 1. The summed E-state index contributed by atoms with van der Waals surface area (Å²) in [6.45, 7) is 1.94. The second-order valence-electron chi connectivity index (χ2n) is 6.84. The smallest absolute Gasteiger partial charge is 0.214 e. The Labute approximate surface area is 185 Å². The molecule has 8 heteroatoms. The van der Waals surface area contributed by atoms with E-state index in [-0.39, 0.29) is 5.56 Å². The van der Waals surface area contributed by atoms with Crippen LogP contribution in [0.25, 0.3) is 0 Å². The molecule has 3 aromatic carbocycles. The van der Waals surface area contributed by atoms with Gasteiger partial charge in [-0.25, -0.2) is 17.2 Å². The lowest BCUT2D eigenvalue weighted by molar-refractivity contribution is 0.104. The van der Waals surface area contributed by atoms with E-state index >= 15 is 0 Å². The zero-order valence-corrected chi connectivity index (χ0v) is 18.2. The molecule has 0 atom stereocenters. The highest BCUT2D eigenvalue weighted by molar-refractivity contribution is 7.96. The topological polar surface area (TPSA) is 72.5 Å². The van der Waals surface area contributed by atoms with Crippen molar-refractivity contribution in [1.29, 1.82) is 0 Å². The number of ketones is 1. The number of methoxy groups -OCH3 is 1. The number of aryl methyl sites for hydroxylation is 1. The molecule has 3 aromatic rings. The summed E-state index contributed by atoms with van der Waals surface area (Å²) >= 11 is 0. The van der Waals surface area contributed by atoms with E-state index in [0.717, 1.165) is 24.3 Å². The minimum absolute atomic E-state index is 0.102. The minimum atomic E-state index is -4.69. The number of anilines is 1. The number of nitrogens with one attached hydrogen (secondary N) is 1. The molecule has 0 aromatic heterocycles. The molecule has 0 bridgehead atoms. The molecule has 1 N–H and O–H groups in total. The number of benzene rings is 3. The van der Waals surface area contributed by atoms with Gasteiger partial charge in [-0.05, 0) is 54.4 Å². The van der Waals surface area contributed by atoms with E-state index in [1.807, 2.05) is 6.92 Å². The maximum absolute atomic E-state index is 14.3. The molecule has 0 spiro atoms. The van der Waals surface area contributed by atoms with Crippen LogP contribution in [0.5, 0.6) is 5.75 Å². The lowest BCUT2D eigenvalue weighted by atomic mass is 10.1. The van der Waals surface area contributed by atoms with Gasteiger partial charge in [-0.15, -0.1) is 0 Å². The molecule has 0 aliphatic rings. The Bertz CT molecular complexity index is 1250. The second kappa shape index (κ2) is 9.74. The molecule has 0 aliphatic heterocycles. The number of ether oxygens (including phenoxy) is 1. The van der Waals surface area contributed by atoms with Gasteiger partial charge in [0.05, 0.1) is 7.11 Å². The largest absolute Gasteiger partial charge is 0.497 e. The predicted octanol–water partition coefficient (Wildman–Crippen LogP) is 5.15. The number of carbonyl (C=O) groups excluding carboxylic acids is 1. The molecule has 0 radical (unpaired) electrons. The number of Topliss-reactive ketones (excluding diaryl/α,β-unsaturated/α-hetero) is 1. The third-order valence-electron chi connectivity index (χ3n) is 4.78. The van der Waals surface area contributed by atoms with Crippen LogP contribution in [-0.2, 0) is 16.3 Å². The van der Waals surface area contributed by atoms with Gasteiger partial charge in [-0.2, -0.15) is 0 Å². The van der Waals surface area contributed by atoms with Crippen molar-refractivity contribution in [2.24, 2.45) is 0 Å². The van der Waals surface area contributed by atoms with E-state index in [1.54, 1.807) is 36.4 Å². The van der Waals surface area contributed by atoms with Gasteiger partial charge >= 0.3 is 0 Å². The second-order valence-corrected chi connectivity index (χ2v) is 8.73. The summed E-state index contributed by atoms with van der Waals surface area (Å²) in [5.74, 6) is -2.36. The summed E-state index contributed by atoms with van der Waals surface area (Å²) < 4.78 is 59.5. The molecule has 0 unspecified atom stereocenters. The first kappa shape index (κ1) is 23.1. The Hall–Kier alpha value is -3.52. The Morgan fingerprint density at radius 2 is 1.66 bits per heavy atom. The summed E-state index contributed by atoms with van der Waals surface area (Å²) in [4.78, 5) is 11.5. The summed E-state index contributed by atoms with van der Waals surface area (Å²) in [5, 5.41) is 2.75. The van der Waals surface area contributed by atoms with Crippen molar-refractivity contribution >= 4 is 21.3 Å². The van der Waals surface area contributed by atoms with Crippen molar-refractivity contribution in [3.05, 3.63) is 101 Å². The summed E-state index contributed by atoms with van der Waals surface area (Å²) in [6.07, 6.45) is 1.72. The molecule has 0 amide bonds. The van der Waals surface area contributed by atoms with Crippen LogP contribution >= 0.6 is 0 Å². The Kier molecular flexibility index (Phi) is 7.05. The van der Waals surface area contributed by atoms with Gasteiger partial charge in [0.15, 0.2) is 0 Å². The number of rotatable bonds is 8. The lowest BCUT2D eigenvalue weighted by Gasteiger charge is -2.11. The summed E-state index contributed by atoms with van der Waals surface area (Å²) in [5.41, 5.74) is 1.53. The molecule has 0 saturated heterocycles. The normalized spacial score (nSPS) is 11.8. The molecule has 0 heterocycles. The molecule has 0 aliphatic carbocycles. The third-order valence-corrected chi connectivity index (χ3v) is 6.55. The Morgan fingerprint density at radius 3 is 2.25 bits per heavy atom. The van der Waals surface area contributed by atoms with Crippen molar-refractivity contribution < 1.29 is 26.7 Å². The average Bonchev–Trinajstić information content (AvgIpc) is 2.80. The van der Waals surface area contributed by atoms with Crippen LogP contribution in [0.15, 0.2) is 82.7 Å². The highest BCUT2D eigenvalue weighted by Gasteiger charge is 2.31. The molecule has 0 fully saturated rings. The molecule has 166 valence electrons. The van der Waals surface area contributed by atoms with Gasteiger partial charge < -0.3 is 10.1 Å². The van der Waals surface area contributed by atoms with E-state index < -0.39 is 37.1 Å². The van der Waals surface area contributed by atoms with Gasteiger partial charge in [0.2, 0.25) is 15.6 Å². The van der Waals surface area contributed by atoms with Gasteiger partial charge in [-0.1, -0.05) is 31.2 Å². The van der Waals surface area contributed by atoms with Crippen molar-refractivity contribution in [1.82, 2.24) is 0 Å². The highest BCUT2D eigenvalue weighted by atomic mass is 32.2. The highest BCUT2D eigenvalue weighted by Crippen LogP contribution is 2.27. The lowest BCUT2D eigenvalue weighted by Crippen LogP contribution is -2.17. The molecule has 5 nitrogen and oxygen atoms in total. The molecule has 32 heavy (non-hydrogen) atoms. The van der Waals surface area contributed by atoms with Crippen molar-refractivity contribution in [3.8, 4) is 5.75 Å². The van der Waals surface area contributed by atoms with Gasteiger partial charge in [0.1, 0.15) is 27.2 Å². The van der Waals surface area contributed by atoms with Crippen LogP contribution in [0.2, 0.25) is 0 Å². The first-order valence-electron chi connectivity index (χ1n) is 9.70. The van der Waals surface area contributed by atoms with Crippen molar-refractivity contribution in [3.63, 3.8) is 0 Å². The first-order valence-corrected chi connectivity index (χ1v) is 11.2. The van der Waals surface area contributed by atoms with Crippen LogP contribution in [0, 0.1) is 11.6 Å². The summed E-state index contributed by atoms with van der Waals surface area (Å²) in [7, 11) is -3.19. The van der Waals surface area contributed by atoms with Crippen LogP contribution in [-0.4, -0.2) is 21.3 Å². The zero-order valence-electron chi connectivity index (χ0n) is 17.4. The van der Waals surface area contributed by atoms with E-state index in [2.05, 4.69) is 5.32 Å². The fraction of sp³-hybridized carbons (Fsp3) is 0.125.